The van der Waals surface area contributed by atoms with Crippen molar-refractivity contribution in [3.8, 4) is 0 Å². The fourth-order valence-electron chi connectivity index (χ4n) is 9.69. The van der Waals surface area contributed by atoms with Crippen LogP contribution in [0.3, 0.4) is 0 Å². The molecule has 2 N–H and O–H groups in total. The van der Waals surface area contributed by atoms with Crippen molar-refractivity contribution in [3.63, 3.8) is 0 Å². The smallest absolute Gasteiger partial charge is 0.367 e. The molecule has 6 aromatic carbocycles. The van der Waals surface area contributed by atoms with Gasteiger partial charge in [0.1, 0.15) is 30.5 Å². The maximum absolute atomic E-state index is 15.5. The first-order chi connectivity index (χ1) is 38.4. The summed E-state index contributed by atoms with van der Waals surface area (Å²) in [6.45, 7) is 1.82. The summed E-state index contributed by atoms with van der Waals surface area (Å²) in [5, 5.41) is 11.9. The molecular weight excluding hydrogens is 1080 g/mol. The molecule has 0 aromatic heterocycles. The van der Waals surface area contributed by atoms with E-state index in [1.165, 1.54) is 6.92 Å². The van der Waals surface area contributed by atoms with Gasteiger partial charge >= 0.3 is 5.97 Å². The molecule has 3 fully saturated rings. The highest BCUT2D eigenvalue weighted by molar-refractivity contribution is 6.76. The van der Waals surface area contributed by atoms with Crippen LogP contribution in [0.2, 0.25) is 0 Å². The van der Waals surface area contributed by atoms with E-state index in [0.29, 0.717) is 0 Å². The number of amides is 1. The van der Waals surface area contributed by atoms with Crippen molar-refractivity contribution < 1.29 is 61.7 Å². The SMILES string of the molecule is CC(=O)N[C@H]1[C@H]([C@H](OCc2ccccc2)[C@@H](COCc2ccccc2)OCc2ccccc2)O[C@@]2(C[C@@H]1OCc1ccccc1)O[C@H]1[C@@H](OC2=O)[C@@H](COCc2ccccc2)O[C@H](OC(=N)C(Cl)(Cl)Cl)[C@@H]1OCc1ccccc1. The first-order valence-corrected chi connectivity index (χ1v) is 27.2. The molecule has 79 heavy (non-hydrogen) atoms. The lowest BCUT2D eigenvalue weighted by atomic mass is 9.86. The predicted octanol–water partition coefficient (Wildman–Crippen LogP) is 10.2. The van der Waals surface area contributed by atoms with Gasteiger partial charge in [-0.1, -0.05) is 217 Å². The Bertz CT molecular complexity index is 2830. The molecule has 3 heterocycles. The van der Waals surface area contributed by atoms with E-state index in [0.717, 1.165) is 33.4 Å². The summed E-state index contributed by atoms with van der Waals surface area (Å²) in [7, 11) is 0. The van der Waals surface area contributed by atoms with Gasteiger partial charge in [0, 0.05) is 13.3 Å². The van der Waals surface area contributed by atoms with E-state index in [-0.39, 0.29) is 59.3 Å². The van der Waals surface area contributed by atoms with Crippen molar-refractivity contribution in [3.05, 3.63) is 215 Å². The molecule has 11 atom stereocenters. The second kappa shape index (κ2) is 28.1. The summed E-state index contributed by atoms with van der Waals surface area (Å²) >= 11 is 18.7. The van der Waals surface area contributed by atoms with E-state index in [1.807, 2.05) is 182 Å². The van der Waals surface area contributed by atoms with Crippen molar-refractivity contribution in [2.75, 3.05) is 13.2 Å². The lowest BCUT2D eigenvalue weighted by Gasteiger charge is -2.55. The average Bonchev–Trinajstić information content (AvgIpc) is 3.49. The van der Waals surface area contributed by atoms with Crippen LogP contribution in [-0.4, -0.2) is 102 Å². The van der Waals surface area contributed by atoms with Crippen molar-refractivity contribution in [2.24, 2.45) is 0 Å². The van der Waals surface area contributed by atoms with Crippen LogP contribution in [0.4, 0.5) is 0 Å². The normalized spacial score (nSPS) is 24.6. The van der Waals surface area contributed by atoms with Crippen molar-refractivity contribution in [1.82, 2.24) is 5.32 Å². The summed E-state index contributed by atoms with van der Waals surface area (Å²) in [6, 6.07) is 56.2. The van der Waals surface area contributed by atoms with Crippen LogP contribution in [0.5, 0.6) is 0 Å². The third-order valence-corrected chi connectivity index (χ3v) is 14.1. The first-order valence-electron chi connectivity index (χ1n) is 26.1. The van der Waals surface area contributed by atoms with Crippen molar-refractivity contribution in [1.29, 1.82) is 5.41 Å². The molecule has 0 aliphatic carbocycles. The Balaban J connectivity index is 1.14. The lowest BCUT2D eigenvalue weighted by Crippen LogP contribution is -2.74. The van der Waals surface area contributed by atoms with Crippen molar-refractivity contribution in [2.45, 2.75) is 124 Å². The van der Waals surface area contributed by atoms with E-state index in [9.17, 15) is 4.79 Å². The minimum Gasteiger partial charge on any atom is -0.453 e. The van der Waals surface area contributed by atoms with E-state index < -0.39 is 88.5 Å². The average molecular weight is 1140 g/mol. The lowest BCUT2D eigenvalue weighted by molar-refractivity contribution is -0.397. The molecule has 0 unspecified atom stereocenters. The third-order valence-electron chi connectivity index (χ3n) is 13.5. The van der Waals surface area contributed by atoms with Gasteiger partial charge in [0.05, 0.1) is 65.0 Å². The van der Waals surface area contributed by atoms with Gasteiger partial charge < -0.3 is 57.4 Å². The summed E-state index contributed by atoms with van der Waals surface area (Å²) < 4.78 is 71.5. The zero-order valence-corrected chi connectivity index (χ0v) is 45.7. The number of ether oxygens (including phenoxy) is 11. The molecule has 6 aromatic rings. The Hall–Kier alpha value is -5.76. The first kappa shape index (κ1) is 57.9. The molecule has 3 aliphatic heterocycles. The van der Waals surface area contributed by atoms with Crippen LogP contribution in [0.25, 0.3) is 0 Å². The van der Waals surface area contributed by atoms with Crippen LogP contribution in [0.1, 0.15) is 46.7 Å². The number of rotatable bonds is 24. The highest BCUT2D eigenvalue weighted by atomic mass is 35.6. The Morgan fingerprint density at radius 3 is 1.61 bits per heavy atom. The zero-order chi connectivity index (χ0) is 55.0. The Morgan fingerprint density at radius 1 is 0.633 bits per heavy atom. The topological polar surface area (TPSA) is 172 Å². The van der Waals surface area contributed by atoms with Crippen LogP contribution in [0.15, 0.2) is 182 Å². The molecule has 18 heteroatoms. The highest BCUT2D eigenvalue weighted by Crippen LogP contribution is 2.45. The standard InChI is InChI=1S/C61H63Cl3N2O13/c1-41(67)66-51-48(71-35-44-24-12-4-13-25-44)32-60(78-54(51)52(73-37-46-28-16-6-17-29-46)49(72-36-45-26-14-5-15-27-45)39-69-33-42-20-8-2-9-21-42)59(68)76-53-50(40-70-34-43-22-10-3-11-23-43)75-57(77-58(65)61(62,63)64)56(55(53)79-60)74-38-47-30-18-7-19-31-47/h2-31,48-57,65H,32-40H2,1H3,(H,66,67)/t48-,49+,50+,51+,52+,53-,54+,55-,56+,57+,60-/m0/s1. The maximum atomic E-state index is 15.5. The number of nitrogens with one attached hydrogen (secondary N) is 2. The monoisotopic (exact) mass is 1140 g/mol. The summed E-state index contributed by atoms with van der Waals surface area (Å²) in [6.07, 6.45) is -11.1. The van der Waals surface area contributed by atoms with Crippen molar-refractivity contribution >= 4 is 52.6 Å². The molecule has 1 amide bonds. The molecule has 9 rings (SSSR count). The van der Waals surface area contributed by atoms with E-state index in [1.54, 1.807) is 0 Å². The molecule has 0 radical (unpaired) electrons. The number of carbonyl (C=O) groups excluding carboxylic acids is 2. The molecule has 0 bridgehead atoms. The Morgan fingerprint density at radius 2 is 1.10 bits per heavy atom. The number of hydrogen-bond donors (Lipinski definition) is 2. The molecule has 0 saturated carbocycles. The minimum atomic E-state index is -2.32. The van der Waals surface area contributed by atoms with Gasteiger partial charge in [-0.05, 0) is 33.4 Å². The van der Waals surface area contributed by atoms with Crippen LogP contribution >= 0.6 is 34.8 Å². The van der Waals surface area contributed by atoms with Gasteiger partial charge in [0.25, 0.3) is 9.58 Å². The highest BCUT2D eigenvalue weighted by Gasteiger charge is 2.66. The predicted molar refractivity (Wildman–Crippen MR) is 295 cm³/mol. The number of carbonyl (C=O) groups is 2. The quantitative estimate of drug-likeness (QED) is 0.0254. The fourth-order valence-corrected chi connectivity index (χ4v) is 9.83. The molecular formula is C61H63Cl3N2O13. The Kier molecular flexibility index (Phi) is 20.6. The summed E-state index contributed by atoms with van der Waals surface area (Å²) in [4.78, 5) is 29.1. The van der Waals surface area contributed by atoms with Gasteiger partial charge in [0.15, 0.2) is 12.2 Å². The van der Waals surface area contributed by atoms with E-state index in [2.05, 4.69) is 5.32 Å². The minimum absolute atomic E-state index is 0.0196. The second-order valence-corrected chi connectivity index (χ2v) is 21.7. The number of fused-ring (bicyclic) bond motifs is 1. The van der Waals surface area contributed by atoms with Gasteiger partial charge in [-0.2, -0.15) is 0 Å². The number of hydrogen-bond acceptors (Lipinski definition) is 14. The number of benzene rings is 6. The van der Waals surface area contributed by atoms with Gasteiger partial charge in [-0.15, -0.1) is 0 Å². The van der Waals surface area contributed by atoms with Crippen LogP contribution < -0.4 is 5.32 Å². The molecule has 3 saturated heterocycles. The largest absolute Gasteiger partial charge is 0.453 e. The molecule has 3 aliphatic rings. The molecule has 1 spiro atoms. The second-order valence-electron chi connectivity index (χ2n) is 19.4. The number of esters is 1. The zero-order valence-electron chi connectivity index (χ0n) is 43.4. The summed E-state index contributed by atoms with van der Waals surface area (Å²) in [5.74, 6) is -4.42. The maximum Gasteiger partial charge on any atom is 0.367 e. The molecule has 416 valence electrons. The number of halogens is 3. The van der Waals surface area contributed by atoms with Crippen LogP contribution in [-0.2, 0) is 101 Å². The van der Waals surface area contributed by atoms with E-state index >= 15 is 4.79 Å². The Labute approximate surface area is 475 Å². The third kappa shape index (κ3) is 16.0. The van der Waals surface area contributed by atoms with Gasteiger partial charge in [0.2, 0.25) is 18.1 Å². The van der Waals surface area contributed by atoms with Gasteiger partial charge in [-0.25, -0.2) is 4.79 Å². The van der Waals surface area contributed by atoms with Crippen LogP contribution in [0, 0.1) is 5.41 Å². The fraction of sp³-hybridized carbons (Fsp3) is 0.361. The van der Waals surface area contributed by atoms with Gasteiger partial charge in [-0.3, -0.25) is 10.2 Å². The summed E-state index contributed by atoms with van der Waals surface area (Å²) in [5.41, 5.74) is 5.07. The van der Waals surface area contributed by atoms with E-state index in [4.69, 9.17) is 92.3 Å². The molecule has 15 nitrogen and oxygen atoms in total. The number of alkyl halides is 3.